The Morgan fingerprint density at radius 3 is 2.27 bits per heavy atom. The molecule has 0 atom stereocenters. The van der Waals surface area contributed by atoms with E-state index in [-0.39, 0.29) is 6.09 Å². The van der Waals surface area contributed by atoms with Gasteiger partial charge < -0.3 is 14.5 Å². The molecule has 0 aromatic heterocycles. The van der Waals surface area contributed by atoms with Crippen LogP contribution in [0, 0.1) is 0 Å². The average molecular weight is 619 g/mol. The molecule has 44 heavy (non-hydrogen) atoms. The zero-order valence-electron chi connectivity index (χ0n) is 26.9. The number of nitrogens with zero attached hydrogens (tertiary/aromatic N) is 4. The van der Waals surface area contributed by atoms with Crippen molar-refractivity contribution in [3.8, 4) is 0 Å². The lowest BCUT2D eigenvalue weighted by Crippen LogP contribution is -2.47. The van der Waals surface area contributed by atoms with Crippen molar-refractivity contribution in [2.75, 3.05) is 44.7 Å². The lowest BCUT2D eigenvalue weighted by Gasteiger charge is -2.35. The highest BCUT2D eigenvalue weighted by Gasteiger charge is 2.31. The molecule has 0 unspecified atom stereocenters. The maximum atomic E-state index is 13.6. The van der Waals surface area contributed by atoms with Gasteiger partial charge in [-0.15, -0.1) is 0 Å². The largest absolute Gasteiger partial charge is 0.449 e. The number of benzene rings is 2. The zero-order chi connectivity index (χ0) is 31.0. The number of unbranched alkanes of at least 4 members (excludes halogenated alkanes) is 9. The molecule has 2 heterocycles. The van der Waals surface area contributed by atoms with Gasteiger partial charge in [-0.1, -0.05) is 93.5 Å². The Kier molecular flexibility index (Phi) is 14.3. The summed E-state index contributed by atoms with van der Waals surface area (Å²) >= 11 is 6.41. The molecule has 2 aliphatic heterocycles. The van der Waals surface area contributed by atoms with Crippen LogP contribution in [0.3, 0.4) is 0 Å². The van der Waals surface area contributed by atoms with Gasteiger partial charge in [0.05, 0.1) is 23.7 Å². The van der Waals surface area contributed by atoms with E-state index in [2.05, 4.69) is 48.1 Å². The highest BCUT2D eigenvalue weighted by molar-refractivity contribution is 6.31. The Morgan fingerprint density at radius 1 is 0.841 bits per heavy atom. The number of amides is 1. The smallest absolute Gasteiger partial charge is 0.419 e. The van der Waals surface area contributed by atoms with E-state index < -0.39 is 0 Å². The van der Waals surface area contributed by atoms with Crippen molar-refractivity contribution in [2.45, 2.75) is 84.0 Å². The molecule has 1 saturated heterocycles. The SMILES string of the molecule is CCCCC/C=C\C/C=C\CCCCCCCCOC(=O)N1c2ccc(Cl)cc2N=C(N2CCN(C)CC2)c2ccccc21. The number of amidine groups is 1. The van der Waals surface area contributed by atoms with Crippen molar-refractivity contribution in [2.24, 2.45) is 4.99 Å². The Morgan fingerprint density at radius 2 is 1.52 bits per heavy atom. The molecule has 0 saturated carbocycles. The molecule has 1 fully saturated rings. The minimum Gasteiger partial charge on any atom is -0.449 e. The van der Waals surface area contributed by atoms with E-state index in [4.69, 9.17) is 21.3 Å². The van der Waals surface area contributed by atoms with Crippen LogP contribution < -0.4 is 4.90 Å². The molecule has 6 nitrogen and oxygen atoms in total. The third-order valence-corrected chi connectivity index (χ3v) is 8.58. The van der Waals surface area contributed by atoms with E-state index in [1.807, 2.05) is 42.5 Å². The van der Waals surface area contributed by atoms with Gasteiger partial charge in [0.25, 0.3) is 0 Å². The molecule has 0 N–H and O–H groups in total. The first-order valence-corrected chi connectivity index (χ1v) is 17.1. The first kappa shape index (κ1) is 33.8. The summed E-state index contributed by atoms with van der Waals surface area (Å²) in [6.07, 6.45) is 23.0. The molecule has 0 bridgehead atoms. The van der Waals surface area contributed by atoms with Crippen molar-refractivity contribution < 1.29 is 9.53 Å². The number of para-hydroxylation sites is 1. The molecule has 0 aliphatic carbocycles. The van der Waals surface area contributed by atoms with Crippen molar-refractivity contribution in [1.29, 1.82) is 0 Å². The van der Waals surface area contributed by atoms with E-state index in [9.17, 15) is 4.79 Å². The summed E-state index contributed by atoms with van der Waals surface area (Å²) in [7, 11) is 2.14. The number of carbonyl (C=O) groups is 1. The van der Waals surface area contributed by atoms with Crippen LogP contribution >= 0.6 is 11.6 Å². The second-order valence-electron chi connectivity index (χ2n) is 11.9. The second kappa shape index (κ2) is 18.7. The van der Waals surface area contributed by atoms with E-state index in [0.29, 0.717) is 23.0 Å². The first-order valence-electron chi connectivity index (χ1n) is 16.8. The molecular weight excluding hydrogens is 568 g/mol. The van der Waals surface area contributed by atoms with Crippen molar-refractivity contribution in [1.82, 2.24) is 9.80 Å². The highest BCUT2D eigenvalue weighted by Crippen LogP contribution is 2.41. The molecule has 2 aromatic carbocycles. The van der Waals surface area contributed by atoms with Crippen LogP contribution in [0.5, 0.6) is 0 Å². The lowest BCUT2D eigenvalue weighted by atomic mass is 10.1. The molecule has 238 valence electrons. The van der Waals surface area contributed by atoms with Gasteiger partial charge >= 0.3 is 6.09 Å². The van der Waals surface area contributed by atoms with Gasteiger partial charge in [-0.3, -0.25) is 0 Å². The van der Waals surface area contributed by atoms with Crippen LogP contribution in [0.2, 0.25) is 5.02 Å². The number of ether oxygens (including phenoxy) is 1. The minimum atomic E-state index is -0.376. The summed E-state index contributed by atoms with van der Waals surface area (Å²) in [5, 5.41) is 0.589. The summed E-state index contributed by atoms with van der Waals surface area (Å²) in [6.45, 7) is 6.32. The van der Waals surface area contributed by atoms with Gasteiger partial charge in [-0.05, 0) is 75.9 Å². The van der Waals surface area contributed by atoms with E-state index in [1.54, 1.807) is 4.90 Å². The van der Waals surface area contributed by atoms with Gasteiger partial charge in [-0.25, -0.2) is 14.7 Å². The van der Waals surface area contributed by atoms with Crippen LogP contribution in [0.25, 0.3) is 0 Å². The summed E-state index contributed by atoms with van der Waals surface area (Å²) in [6, 6.07) is 13.5. The van der Waals surface area contributed by atoms with Gasteiger partial charge in [-0.2, -0.15) is 0 Å². The molecule has 4 rings (SSSR count). The van der Waals surface area contributed by atoms with Crippen LogP contribution in [-0.2, 0) is 4.74 Å². The topological polar surface area (TPSA) is 48.4 Å². The minimum absolute atomic E-state index is 0.376. The number of hydrogen-bond donors (Lipinski definition) is 0. The molecule has 2 aromatic rings. The molecule has 7 heteroatoms. The number of rotatable bonds is 15. The first-order chi connectivity index (χ1) is 21.6. The predicted molar refractivity (Wildman–Crippen MR) is 186 cm³/mol. The van der Waals surface area contributed by atoms with Crippen LogP contribution in [0.15, 0.2) is 71.8 Å². The van der Waals surface area contributed by atoms with Crippen molar-refractivity contribution in [3.05, 3.63) is 77.4 Å². The van der Waals surface area contributed by atoms with Gasteiger partial charge in [0, 0.05) is 36.8 Å². The lowest BCUT2D eigenvalue weighted by molar-refractivity contribution is 0.154. The Hall–Kier alpha value is -3.09. The van der Waals surface area contributed by atoms with E-state index in [1.165, 1.54) is 44.9 Å². The molecule has 2 aliphatic rings. The highest BCUT2D eigenvalue weighted by atomic mass is 35.5. The van der Waals surface area contributed by atoms with Crippen LogP contribution in [0.1, 0.15) is 89.5 Å². The maximum Gasteiger partial charge on any atom is 0.419 e. The van der Waals surface area contributed by atoms with E-state index >= 15 is 0 Å². The monoisotopic (exact) mass is 618 g/mol. The number of fused-ring (bicyclic) bond motifs is 2. The number of hydrogen-bond acceptors (Lipinski definition) is 5. The summed E-state index contributed by atoms with van der Waals surface area (Å²) in [5.41, 5.74) is 3.07. The molecule has 0 radical (unpaired) electrons. The van der Waals surface area contributed by atoms with Crippen molar-refractivity contribution in [3.63, 3.8) is 0 Å². The molecule has 1 amide bonds. The van der Waals surface area contributed by atoms with Crippen molar-refractivity contribution >= 4 is 40.6 Å². The van der Waals surface area contributed by atoms with Crippen LogP contribution in [0.4, 0.5) is 21.9 Å². The van der Waals surface area contributed by atoms with Gasteiger partial charge in [0.1, 0.15) is 5.84 Å². The van der Waals surface area contributed by atoms with Crippen LogP contribution in [-0.4, -0.2) is 61.6 Å². The zero-order valence-corrected chi connectivity index (χ0v) is 27.6. The Labute approximate surface area is 270 Å². The van der Waals surface area contributed by atoms with E-state index in [0.717, 1.165) is 75.4 Å². The fourth-order valence-electron chi connectivity index (χ4n) is 5.71. The molecular formula is C37H51ClN4O2. The number of piperazine rings is 1. The summed E-state index contributed by atoms with van der Waals surface area (Å²) < 4.78 is 5.86. The molecule has 0 spiro atoms. The number of halogens is 1. The number of carbonyl (C=O) groups excluding carboxylic acids is 1. The fraction of sp³-hybridized carbons (Fsp3) is 0.514. The Balaban J connectivity index is 1.24. The normalized spacial score (nSPS) is 15.4. The summed E-state index contributed by atoms with van der Waals surface area (Å²) in [4.78, 5) is 25.0. The maximum absolute atomic E-state index is 13.6. The third-order valence-electron chi connectivity index (χ3n) is 8.35. The number of anilines is 2. The average Bonchev–Trinajstić information content (AvgIpc) is 3.17. The predicted octanol–water partition coefficient (Wildman–Crippen LogP) is 10.1. The number of likely N-dealkylation sites (N-methyl/N-ethyl adjacent to an activating group) is 1. The number of aliphatic imine (C=N–C) groups is 1. The fourth-order valence-corrected chi connectivity index (χ4v) is 5.87. The third kappa shape index (κ3) is 10.2. The van der Waals surface area contributed by atoms with Gasteiger partial charge in [0.15, 0.2) is 0 Å². The quantitative estimate of drug-likeness (QED) is 0.147. The number of allylic oxidation sites excluding steroid dienone is 4. The van der Waals surface area contributed by atoms with Gasteiger partial charge in [0.2, 0.25) is 0 Å². The Bertz CT molecular complexity index is 1270. The second-order valence-corrected chi connectivity index (χ2v) is 12.3. The standard InChI is InChI=1S/C37H51ClN4O2/c1-3-4-5-6-7-8-9-10-11-12-13-14-15-16-17-20-29-44-37(43)42-34-22-19-18-21-32(34)36(41-27-25-40(2)26-28-41)39-33-30-31(38)23-24-35(33)42/h7-8,10-11,18-19,21-24,30H,3-6,9,12-17,20,25-29H2,1-2H3/b8-7-,11-10-. The summed E-state index contributed by atoms with van der Waals surface area (Å²) in [5.74, 6) is 0.873.